The van der Waals surface area contributed by atoms with Crippen LogP contribution in [-0.4, -0.2) is 22.4 Å². The van der Waals surface area contributed by atoms with Crippen molar-refractivity contribution in [1.29, 1.82) is 0 Å². The number of nitrogens with zero attached hydrogens (tertiary/aromatic N) is 2. The Morgan fingerprint density at radius 2 is 2.33 bits per heavy atom. The van der Waals surface area contributed by atoms with Gasteiger partial charge in [-0.3, -0.25) is 0 Å². The highest BCUT2D eigenvalue weighted by molar-refractivity contribution is 5.12. The van der Waals surface area contributed by atoms with Gasteiger partial charge in [0.1, 0.15) is 0 Å². The molecule has 1 atom stereocenters. The number of aromatic nitrogens is 2. The Morgan fingerprint density at radius 3 is 2.87 bits per heavy atom. The monoisotopic (exact) mass is 206 g/mol. The zero-order valence-corrected chi connectivity index (χ0v) is 8.68. The summed E-state index contributed by atoms with van der Waals surface area (Å²) in [5, 5.41) is 17.3. The molecule has 15 heavy (non-hydrogen) atoms. The van der Waals surface area contributed by atoms with Crippen molar-refractivity contribution in [3.63, 3.8) is 0 Å². The zero-order valence-electron chi connectivity index (χ0n) is 8.68. The molecule has 1 N–H and O–H groups in total. The van der Waals surface area contributed by atoms with E-state index in [2.05, 4.69) is 16.1 Å². The first-order chi connectivity index (χ1) is 7.27. The molecule has 4 nitrogen and oxygen atoms in total. The minimum atomic E-state index is -0.600. The molecule has 0 aliphatic rings. The molecule has 1 aromatic heterocycles. The van der Waals surface area contributed by atoms with Gasteiger partial charge >= 0.3 is 0 Å². The van der Waals surface area contributed by atoms with Crippen LogP contribution in [0.15, 0.2) is 12.1 Å². The van der Waals surface area contributed by atoms with Gasteiger partial charge in [-0.25, -0.2) is 0 Å². The predicted molar refractivity (Wildman–Crippen MR) is 56.2 cm³/mol. The Hall–Kier alpha value is -1.60. The summed E-state index contributed by atoms with van der Waals surface area (Å²) in [5.41, 5.74) is 0.549. The Bertz CT molecular complexity index is 329. The zero-order chi connectivity index (χ0) is 11.1. The van der Waals surface area contributed by atoms with Crippen LogP contribution in [0.1, 0.15) is 31.1 Å². The summed E-state index contributed by atoms with van der Waals surface area (Å²) >= 11 is 0. The number of ether oxygens (including phenoxy) is 1. The van der Waals surface area contributed by atoms with Crippen molar-refractivity contribution in [3.05, 3.63) is 17.8 Å². The first kappa shape index (κ1) is 11.5. The van der Waals surface area contributed by atoms with Crippen LogP contribution in [0.5, 0.6) is 5.88 Å². The van der Waals surface area contributed by atoms with Crippen molar-refractivity contribution in [2.75, 3.05) is 7.11 Å². The van der Waals surface area contributed by atoms with E-state index in [4.69, 9.17) is 11.2 Å². The number of aliphatic hydroxyl groups excluding tert-OH is 1. The van der Waals surface area contributed by atoms with E-state index in [1.165, 1.54) is 7.11 Å². The van der Waals surface area contributed by atoms with Crippen molar-refractivity contribution < 1.29 is 9.84 Å². The number of methoxy groups -OCH3 is 1. The third-order valence-electron chi connectivity index (χ3n) is 2.01. The first-order valence-corrected chi connectivity index (χ1v) is 4.77. The maximum absolute atomic E-state index is 9.70. The standard InChI is InChI=1S/C11H14N2O2/c1-3-4-5-6-10(14)9-7-8-11(15-2)13-12-9/h1,7-8,10,14H,4-6H2,2H3. The van der Waals surface area contributed by atoms with E-state index in [1.54, 1.807) is 12.1 Å². The average Bonchev–Trinajstić information content (AvgIpc) is 2.29. The van der Waals surface area contributed by atoms with Gasteiger partial charge in [0.2, 0.25) is 5.88 Å². The molecule has 0 radical (unpaired) electrons. The molecule has 0 saturated heterocycles. The molecule has 1 unspecified atom stereocenters. The molecule has 0 fully saturated rings. The van der Waals surface area contributed by atoms with Gasteiger partial charge in [-0.1, -0.05) is 0 Å². The average molecular weight is 206 g/mol. The van der Waals surface area contributed by atoms with Gasteiger partial charge in [0, 0.05) is 12.5 Å². The molecule has 0 spiro atoms. The Balaban J connectivity index is 2.51. The van der Waals surface area contributed by atoms with Gasteiger partial charge < -0.3 is 9.84 Å². The van der Waals surface area contributed by atoms with Crippen molar-refractivity contribution >= 4 is 0 Å². The van der Waals surface area contributed by atoms with Crippen LogP contribution in [0, 0.1) is 12.3 Å². The minimum Gasteiger partial charge on any atom is -0.480 e. The lowest BCUT2D eigenvalue weighted by molar-refractivity contribution is 0.159. The molecule has 1 aromatic rings. The highest BCUT2D eigenvalue weighted by Crippen LogP contribution is 2.17. The Kier molecular flexibility index (Phi) is 4.58. The smallest absolute Gasteiger partial charge is 0.233 e. The van der Waals surface area contributed by atoms with Crippen LogP contribution < -0.4 is 4.74 Å². The molecular formula is C11H14N2O2. The number of hydrogen-bond donors (Lipinski definition) is 1. The largest absolute Gasteiger partial charge is 0.480 e. The Morgan fingerprint density at radius 1 is 1.53 bits per heavy atom. The van der Waals surface area contributed by atoms with Crippen LogP contribution >= 0.6 is 0 Å². The maximum atomic E-state index is 9.70. The molecule has 4 heteroatoms. The summed E-state index contributed by atoms with van der Waals surface area (Å²) < 4.78 is 4.87. The van der Waals surface area contributed by atoms with Gasteiger partial charge in [0.15, 0.2) is 0 Å². The summed E-state index contributed by atoms with van der Waals surface area (Å²) in [5.74, 6) is 2.97. The summed E-state index contributed by atoms with van der Waals surface area (Å²) in [6.45, 7) is 0. The minimum absolute atomic E-state index is 0.439. The molecule has 1 rings (SSSR count). The number of aliphatic hydroxyl groups is 1. The third kappa shape index (κ3) is 3.56. The summed E-state index contributed by atoms with van der Waals surface area (Å²) in [7, 11) is 1.52. The SMILES string of the molecule is C#CCCCC(O)c1ccc(OC)nn1. The van der Waals surface area contributed by atoms with E-state index in [-0.39, 0.29) is 0 Å². The lowest BCUT2D eigenvalue weighted by Crippen LogP contribution is -2.02. The lowest BCUT2D eigenvalue weighted by Gasteiger charge is -2.08. The first-order valence-electron chi connectivity index (χ1n) is 4.77. The quantitative estimate of drug-likeness (QED) is 0.583. The van der Waals surface area contributed by atoms with E-state index >= 15 is 0 Å². The molecule has 0 aliphatic heterocycles. The number of rotatable bonds is 5. The highest BCUT2D eigenvalue weighted by atomic mass is 16.5. The maximum Gasteiger partial charge on any atom is 0.233 e. The van der Waals surface area contributed by atoms with Crippen molar-refractivity contribution in [1.82, 2.24) is 10.2 Å². The van der Waals surface area contributed by atoms with Gasteiger partial charge in [0.25, 0.3) is 0 Å². The molecule has 1 heterocycles. The van der Waals surface area contributed by atoms with Crippen LogP contribution in [0.25, 0.3) is 0 Å². The van der Waals surface area contributed by atoms with E-state index in [0.29, 0.717) is 24.4 Å². The van der Waals surface area contributed by atoms with Crippen LogP contribution in [0.4, 0.5) is 0 Å². The fourth-order valence-electron chi connectivity index (χ4n) is 1.16. The normalized spacial score (nSPS) is 11.8. The fraction of sp³-hybridized carbons (Fsp3) is 0.455. The van der Waals surface area contributed by atoms with E-state index in [9.17, 15) is 5.11 Å². The topological polar surface area (TPSA) is 55.2 Å². The summed E-state index contributed by atoms with van der Waals surface area (Å²) in [6.07, 6.45) is 6.57. The number of hydrogen-bond acceptors (Lipinski definition) is 4. The van der Waals surface area contributed by atoms with E-state index < -0.39 is 6.10 Å². The highest BCUT2D eigenvalue weighted by Gasteiger charge is 2.09. The van der Waals surface area contributed by atoms with Gasteiger partial charge in [-0.05, 0) is 18.9 Å². The molecule has 0 saturated carbocycles. The molecular weight excluding hydrogens is 192 g/mol. The molecule has 80 valence electrons. The molecule has 0 bridgehead atoms. The van der Waals surface area contributed by atoms with Crippen molar-refractivity contribution in [2.24, 2.45) is 0 Å². The van der Waals surface area contributed by atoms with Gasteiger partial charge in [0.05, 0.1) is 18.9 Å². The summed E-state index contributed by atoms with van der Waals surface area (Å²) in [4.78, 5) is 0. The summed E-state index contributed by atoms with van der Waals surface area (Å²) in [6, 6.07) is 3.37. The van der Waals surface area contributed by atoms with Crippen LogP contribution in [-0.2, 0) is 0 Å². The van der Waals surface area contributed by atoms with Crippen LogP contribution in [0.3, 0.4) is 0 Å². The third-order valence-corrected chi connectivity index (χ3v) is 2.01. The lowest BCUT2D eigenvalue weighted by atomic mass is 10.1. The van der Waals surface area contributed by atoms with Crippen molar-refractivity contribution in [2.45, 2.75) is 25.4 Å². The second-order valence-corrected chi connectivity index (χ2v) is 3.11. The molecule has 0 aliphatic carbocycles. The fourth-order valence-corrected chi connectivity index (χ4v) is 1.16. The van der Waals surface area contributed by atoms with Crippen LogP contribution in [0.2, 0.25) is 0 Å². The number of terminal acetylenes is 1. The van der Waals surface area contributed by atoms with Crippen molar-refractivity contribution in [3.8, 4) is 18.2 Å². The van der Waals surface area contributed by atoms with Gasteiger partial charge in [-0.15, -0.1) is 22.5 Å². The Labute approximate surface area is 89.3 Å². The van der Waals surface area contributed by atoms with E-state index in [1.807, 2.05) is 0 Å². The van der Waals surface area contributed by atoms with E-state index in [0.717, 1.165) is 6.42 Å². The predicted octanol–water partition coefficient (Wildman–Crippen LogP) is 1.32. The van der Waals surface area contributed by atoms with Gasteiger partial charge in [-0.2, -0.15) is 0 Å². The second-order valence-electron chi connectivity index (χ2n) is 3.11. The molecule has 0 aromatic carbocycles. The molecule has 0 amide bonds. The number of unbranched alkanes of at least 4 members (excludes halogenated alkanes) is 1. The second kappa shape index (κ2) is 5.99.